The first kappa shape index (κ1) is 21.2. The Morgan fingerprint density at radius 1 is 1.09 bits per heavy atom. The maximum Gasteiger partial charge on any atom is 0.337 e. The molecular weight excluding hydrogens is 446 g/mol. The van der Waals surface area contributed by atoms with Gasteiger partial charge in [-0.2, -0.15) is 0 Å². The summed E-state index contributed by atoms with van der Waals surface area (Å²) in [5.41, 5.74) is 1.81. The van der Waals surface area contributed by atoms with Gasteiger partial charge >= 0.3 is 5.69 Å². The van der Waals surface area contributed by atoms with Crippen LogP contribution in [0.4, 0.5) is 0 Å². The molecule has 0 fully saturated rings. The van der Waals surface area contributed by atoms with Crippen LogP contribution in [0.5, 0.6) is 0 Å². The number of rotatable bonds is 4. The first-order chi connectivity index (χ1) is 15.4. The Morgan fingerprint density at radius 2 is 1.81 bits per heavy atom. The maximum atomic E-state index is 13.6. The van der Waals surface area contributed by atoms with Crippen LogP contribution in [0.3, 0.4) is 0 Å². The van der Waals surface area contributed by atoms with E-state index >= 15 is 0 Å². The van der Waals surface area contributed by atoms with E-state index in [1.54, 1.807) is 35.8 Å². The molecular formula is C24H22ClN3O3S. The number of benzene rings is 2. The van der Waals surface area contributed by atoms with Crippen LogP contribution in [0.15, 0.2) is 64.2 Å². The van der Waals surface area contributed by atoms with E-state index in [4.69, 9.17) is 11.6 Å². The molecule has 1 N–H and O–H groups in total. The number of nitrogens with zero attached hydrogens (tertiary/aromatic N) is 3. The SMILES string of the molecule is C[C@H](O)N1CCc2c(sc3c2c(=O)n(-c2ccccc2)c(=O)n3Cc2ccc(Cl)cc2)C1. The summed E-state index contributed by atoms with van der Waals surface area (Å²) < 4.78 is 2.95. The van der Waals surface area contributed by atoms with E-state index in [0.29, 0.717) is 47.0 Å². The summed E-state index contributed by atoms with van der Waals surface area (Å²) in [4.78, 5) is 30.9. The zero-order chi connectivity index (χ0) is 22.4. The zero-order valence-corrected chi connectivity index (χ0v) is 19.1. The van der Waals surface area contributed by atoms with Crippen molar-refractivity contribution in [2.24, 2.45) is 0 Å². The average Bonchev–Trinajstić information content (AvgIpc) is 3.17. The predicted molar refractivity (Wildman–Crippen MR) is 128 cm³/mol. The summed E-state index contributed by atoms with van der Waals surface area (Å²) in [6, 6.07) is 16.4. The van der Waals surface area contributed by atoms with Gasteiger partial charge in [0.2, 0.25) is 0 Å². The lowest BCUT2D eigenvalue weighted by Gasteiger charge is -2.28. The molecule has 164 valence electrons. The molecule has 1 aliphatic heterocycles. The van der Waals surface area contributed by atoms with Gasteiger partial charge in [0.25, 0.3) is 5.56 Å². The van der Waals surface area contributed by atoms with Crippen molar-refractivity contribution in [1.29, 1.82) is 0 Å². The zero-order valence-electron chi connectivity index (χ0n) is 17.5. The highest BCUT2D eigenvalue weighted by atomic mass is 35.5. The quantitative estimate of drug-likeness (QED) is 0.498. The summed E-state index contributed by atoms with van der Waals surface area (Å²) in [5.74, 6) is 0. The van der Waals surface area contributed by atoms with Gasteiger partial charge in [-0.25, -0.2) is 9.36 Å². The Hall–Kier alpha value is -2.71. The molecule has 1 atom stereocenters. The standard InChI is InChI=1S/C24H22ClN3O3S/c1-15(29)26-12-11-19-20(14-26)32-23-21(19)22(30)28(18-5-3-2-4-6-18)24(31)27(23)13-16-7-9-17(25)10-8-16/h2-10,15,29H,11-14H2,1H3/t15-/m0/s1. The molecule has 8 heteroatoms. The van der Waals surface area contributed by atoms with Crippen LogP contribution in [-0.4, -0.2) is 31.9 Å². The molecule has 4 aromatic rings. The van der Waals surface area contributed by atoms with Crippen molar-refractivity contribution in [3.63, 3.8) is 0 Å². The summed E-state index contributed by atoms with van der Waals surface area (Å²) in [6.07, 6.45) is 0.0919. The van der Waals surface area contributed by atoms with Gasteiger partial charge in [0, 0.05) is 23.0 Å². The van der Waals surface area contributed by atoms with Crippen LogP contribution in [0, 0.1) is 0 Å². The van der Waals surface area contributed by atoms with Gasteiger partial charge in [0.1, 0.15) is 11.1 Å². The van der Waals surface area contributed by atoms with E-state index in [1.165, 1.54) is 15.9 Å². The van der Waals surface area contributed by atoms with Gasteiger partial charge in [-0.15, -0.1) is 11.3 Å². The second-order valence-corrected chi connectivity index (χ2v) is 9.53. The molecule has 2 aromatic carbocycles. The number of fused-ring (bicyclic) bond motifs is 3. The van der Waals surface area contributed by atoms with Crippen molar-refractivity contribution >= 4 is 33.2 Å². The highest BCUT2D eigenvalue weighted by Crippen LogP contribution is 2.34. The van der Waals surface area contributed by atoms with Crippen molar-refractivity contribution in [1.82, 2.24) is 14.0 Å². The molecule has 6 nitrogen and oxygen atoms in total. The van der Waals surface area contributed by atoms with Gasteiger partial charge in [0.15, 0.2) is 0 Å². The molecule has 0 unspecified atom stereocenters. The van der Waals surface area contributed by atoms with Crippen molar-refractivity contribution < 1.29 is 5.11 Å². The lowest BCUT2D eigenvalue weighted by atomic mass is 10.1. The molecule has 0 radical (unpaired) electrons. The number of aromatic nitrogens is 2. The Bertz CT molecular complexity index is 1410. The average molecular weight is 468 g/mol. The summed E-state index contributed by atoms with van der Waals surface area (Å²) >= 11 is 7.51. The second kappa shape index (κ2) is 8.33. The number of halogens is 1. The van der Waals surface area contributed by atoms with E-state index in [9.17, 15) is 14.7 Å². The molecule has 0 amide bonds. The minimum Gasteiger partial charge on any atom is -0.379 e. The van der Waals surface area contributed by atoms with Crippen LogP contribution < -0.4 is 11.2 Å². The van der Waals surface area contributed by atoms with E-state index in [2.05, 4.69) is 0 Å². The molecule has 5 rings (SSSR count). The Kier molecular flexibility index (Phi) is 5.51. The molecule has 0 saturated heterocycles. The van der Waals surface area contributed by atoms with Gasteiger partial charge in [0.05, 0.1) is 17.6 Å². The molecule has 0 aliphatic carbocycles. The number of hydrogen-bond acceptors (Lipinski definition) is 5. The fourth-order valence-corrected chi connectivity index (χ4v) is 5.74. The molecule has 0 saturated carbocycles. The van der Waals surface area contributed by atoms with Gasteiger partial charge in [-0.1, -0.05) is 41.9 Å². The van der Waals surface area contributed by atoms with Crippen LogP contribution in [-0.2, 0) is 19.5 Å². The fourth-order valence-electron chi connectivity index (χ4n) is 4.26. The lowest BCUT2D eigenvalue weighted by molar-refractivity contribution is 0.0102. The van der Waals surface area contributed by atoms with Crippen molar-refractivity contribution in [3.05, 3.63) is 96.5 Å². The van der Waals surface area contributed by atoms with Crippen molar-refractivity contribution in [2.45, 2.75) is 32.7 Å². The van der Waals surface area contributed by atoms with E-state index < -0.39 is 6.23 Å². The Labute approximate surface area is 193 Å². The molecule has 3 heterocycles. The van der Waals surface area contributed by atoms with E-state index in [0.717, 1.165) is 16.0 Å². The largest absolute Gasteiger partial charge is 0.379 e. The molecule has 1 aliphatic rings. The van der Waals surface area contributed by atoms with Gasteiger partial charge in [-0.05, 0) is 48.7 Å². The number of aliphatic hydroxyl groups excluding tert-OH is 1. The monoisotopic (exact) mass is 467 g/mol. The van der Waals surface area contributed by atoms with Crippen LogP contribution in [0.25, 0.3) is 15.9 Å². The number of para-hydroxylation sites is 1. The molecule has 32 heavy (non-hydrogen) atoms. The number of aliphatic hydroxyl groups is 1. The van der Waals surface area contributed by atoms with Crippen LogP contribution in [0.1, 0.15) is 22.9 Å². The van der Waals surface area contributed by atoms with Crippen molar-refractivity contribution in [2.75, 3.05) is 6.54 Å². The highest BCUT2D eigenvalue weighted by Gasteiger charge is 2.27. The van der Waals surface area contributed by atoms with Crippen LogP contribution >= 0.6 is 22.9 Å². The Balaban J connectivity index is 1.78. The highest BCUT2D eigenvalue weighted by molar-refractivity contribution is 7.18. The minimum absolute atomic E-state index is 0.286. The minimum atomic E-state index is -0.564. The van der Waals surface area contributed by atoms with Gasteiger partial charge < -0.3 is 5.11 Å². The van der Waals surface area contributed by atoms with Crippen LogP contribution in [0.2, 0.25) is 5.02 Å². The Morgan fingerprint density at radius 3 is 2.50 bits per heavy atom. The van der Waals surface area contributed by atoms with E-state index in [-0.39, 0.29) is 11.2 Å². The molecule has 0 bridgehead atoms. The third-order valence-electron chi connectivity index (χ3n) is 5.95. The smallest absolute Gasteiger partial charge is 0.337 e. The number of thiophene rings is 1. The normalized spacial score (nSPS) is 15.1. The predicted octanol–water partition coefficient (Wildman–Crippen LogP) is 3.61. The number of hydrogen-bond donors (Lipinski definition) is 1. The molecule has 0 spiro atoms. The first-order valence-corrected chi connectivity index (χ1v) is 11.7. The summed E-state index contributed by atoms with van der Waals surface area (Å²) in [6.45, 7) is 3.31. The molecule has 2 aromatic heterocycles. The van der Waals surface area contributed by atoms with Crippen molar-refractivity contribution in [3.8, 4) is 5.69 Å². The van der Waals surface area contributed by atoms with Gasteiger partial charge in [-0.3, -0.25) is 14.3 Å². The fraction of sp³-hybridized carbons (Fsp3) is 0.250. The third-order valence-corrected chi connectivity index (χ3v) is 7.44. The lowest BCUT2D eigenvalue weighted by Crippen LogP contribution is -2.39. The second-order valence-electron chi connectivity index (χ2n) is 8.01. The van der Waals surface area contributed by atoms with E-state index in [1.807, 2.05) is 35.2 Å². The summed E-state index contributed by atoms with van der Waals surface area (Å²) in [7, 11) is 0. The summed E-state index contributed by atoms with van der Waals surface area (Å²) in [5, 5.41) is 11.3. The first-order valence-electron chi connectivity index (χ1n) is 10.5. The topological polar surface area (TPSA) is 67.5 Å². The third kappa shape index (κ3) is 3.61. The maximum absolute atomic E-state index is 13.6.